The highest BCUT2D eigenvalue weighted by atomic mass is 16.2. The molecule has 0 saturated heterocycles. The van der Waals surface area contributed by atoms with Gasteiger partial charge in [0.2, 0.25) is 0 Å². The van der Waals surface area contributed by atoms with Crippen LogP contribution in [-0.2, 0) is 11.2 Å². The van der Waals surface area contributed by atoms with Gasteiger partial charge in [0.1, 0.15) is 5.78 Å². The zero-order valence-corrected chi connectivity index (χ0v) is 8.94. The van der Waals surface area contributed by atoms with Crippen molar-refractivity contribution in [2.45, 2.75) is 19.8 Å². The third-order valence-electron chi connectivity index (χ3n) is 2.09. The Kier molecular flexibility index (Phi) is 4.78. The molecular formula is C13H16O2. The number of rotatable bonds is 5. The van der Waals surface area contributed by atoms with Crippen LogP contribution in [0.3, 0.4) is 0 Å². The molecule has 1 aromatic rings. The van der Waals surface area contributed by atoms with E-state index in [-0.39, 0.29) is 12.4 Å². The van der Waals surface area contributed by atoms with E-state index in [4.69, 9.17) is 5.11 Å². The van der Waals surface area contributed by atoms with Crippen molar-refractivity contribution in [3.63, 3.8) is 0 Å². The van der Waals surface area contributed by atoms with Crippen LogP contribution in [0.15, 0.2) is 30.3 Å². The van der Waals surface area contributed by atoms with Crippen molar-refractivity contribution in [1.82, 2.24) is 0 Å². The zero-order valence-electron chi connectivity index (χ0n) is 8.94. The molecule has 0 atom stereocenters. The molecule has 0 unspecified atom stereocenters. The lowest BCUT2D eigenvalue weighted by atomic mass is 10.0. The van der Waals surface area contributed by atoms with Gasteiger partial charge in [0.05, 0.1) is 0 Å². The molecule has 80 valence electrons. The Bertz CT molecular complexity index is 353. The summed E-state index contributed by atoms with van der Waals surface area (Å²) in [5, 5.41) is 8.65. The van der Waals surface area contributed by atoms with Gasteiger partial charge in [0.15, 0.2) is 0 Å². The molecule has 0 aliphatic carbocycles. The summed E-state index contributed by atoms with van der Waals surface area (Å²) in [6, 6.07) is 7.82. The molecule has 0 aliphatic rings. The Morgan fingerprint density at radius 3 is 2.80 bits per heavy atom. The van der Waals surface area contributed by atoms with E-state index in [1.165, 1.54) is 0 Å². The number of carbonyl (C=O) groups excluding carboxylic acids is 1. The molecule has 0 fully saturated rings. The molecule has 0 aromatic heterocycles. The van der Waals surface area contributed by atoms with Crippen LogP contribution in [0.5, 0.6) is 0 Å². The van der Waals surface area contributed by atoms with Gasteiger partial charge >= 0.3 is 0 Å². The first-order valence-electron chi connectivity index (χ1n) is 5.09. The van der Waals surface area contributed by atoms with Crippen molar-refractivity contribution in [2.24, 2.45) is 0 Å². The highest BCUT2D eigenvalue weighted by Crippen LogP contribution is 2.12. The lowest BCUT2D eigenvalue weighted by Crippen LogP contribution is -1.98. The monoisotopic (exact) mass is 204 g/mol. The van der Waals surface area contributed by atoms with E-state index >= 15 is 0 Å². The van der Waals surface area contributed by atoms with Gasteiger partial charge in [0, 0.05) is 13.0 Å². The predicted octanol–water partition coefficient (Wildman–Crippen LogP) is 2.21. The first-order chi connectivity index (χ1) is 7.24. The van der Waals surface area contributed by atoms with Gasteiger partial charge in [-0.1, -0.05) is 36.4 Å². The van der Waals surface area contributed by atoms with Crippen LogP contribution in [0.1, 0.15) is 24.5 Å². The summed E-state index contributed by atoms with van der Waals surface area (Å²) in [6.07, 6.45) is 4.99. The maximum atomic E-state index is 11.0. The van der Waals surface area contributed by atoms with E-state index in [1.54, 1.807) is 6.92 Å². The molecule has 2 nitrogen and oxygen atoms in total. The van der Waals surface area contributed by atoms with E-state index in [1.807, 2.05) is 36.4 Å². The molecule has 2 heteroatoms. The average Bonchev–Trinajstić information content (AvgIpc) is 2.20. The lowest BCUT2D eigenvalue weighted by Gasteiger charge is -2.02. The van der Waals surface area contributed by atoms with Crippen LogP contribution < -0.4 is 0 Å². The Morgan fingerprint density at radius 1 is 1.40 bits per heavy atom. The predicted molar refractivity (Wildman–Crippen MR) is 61.6 cm³/mol. The normalized spacial score (nSPS) is 10.8. The standard InChI is InChI=1S/C13H16O2/c1-11(15)10-13-8-3-2-6-12(13)7-4-5-9-14/h2-4,6-8,14H,5,9-10H2,1H3. The smallest absolute Gasteiger partial charge is 0.134 e. The number of Topliss-reactive ketones (excluding diaryl/α,β-unsaturated/α-hetero) is 1. The first-order valence-corrected chi connectivity index (χ1v) is 5.09. The van der Waals surface area contributed by atoms with Gasteiger partial charge in [0.25, 0.3) is 0 Å². The summed E-state index contributed by atoms with van der Waals surface area (Å²) >= 11 is 0. The quantitative estimate of drug-likeness (QED) is 0.798. The zero-order chi connectivity index (χ0) is 11.1. The number of carbonyl (C=O) groups is 1. The van der Waals surface area contributed by atoms with Gasteiger partial charge in [-0.05, 0) is 24.5 Å². The fraction of sp³-hybridized carbons (Fsp3) is 0.308. The summed E-state index contributed by atoms with van der Waals surface area (Å²) < 4.78 is 0. The van der Waals surface area contributed by atoms with E-state index in [2.05, 4.69) is 0 Å². The topological polar surface area (TPSA) is 37.3 Å². The number of hydrogen-bond donors (Lipinski definition) is 1. The van der Waals surface area contributed by atoms with E-state index in [0.717, 1.165) is 11.1 Å². The number of aliphatic hydroxyl groups is 1. The largest absolute Gasteiger partial charge is 0.396 e. The number of benzene rings is 1. The Labute approximate surface area is 90.3 Å². The molecule has 0 heterocycles. The molecule has 0 amide bonds. The first kappa shape index (κ1) is 11.7. The number of hydrogen-bond acceptors (Lipinski definition) is 2. The highest BCUT2D eigenvalue weighted by molar-refractivity contribution is 5.79. The second-order valence-corrected chi connectivity index (χ2v) is 3.49. The van der Waals surface area contributed by atoms with Crippen LogP contribution in [-0.4, -0.2) is 17.5 Å². The minimum atomic E-state index is 0.158. The third kappa shape index (κ3) is 4.09. The van der Waals surface area contributed by atoms with Crippen molar-refractivity contribution >= 4 is 11.9 Å². The summed E-state index contributed by atoms with van der Waals surface area (Å²) in [4.78, 5) is 11.0. The van der Waals surface area contributed by atoms with Gasteiger partial charge in [-0.3, -0.25) is 4.79 Å². The van der Waals surface area contributed by atoms with Crippen molar-refractivity contribution < 1.29 is 9.90 Å². The Hall–Kier alpha value is -1.41. The van der Waals surface area contributed by atoms with Crippen molar-refractivity contribution in [3.8, 4) is 0 Å². The second kappa shape index (κ2) is 6.14. The Balaban J connectivity index is 2.81. The van der Waals surface area contributed by atoms with Gasteiger partial charge in [-0.2, -0.15) is 0 Å². The second-order valence-electron chi connectivity index (χ2n) is 3.49. The molecular weight excluding hydrogens is 188 g/mol. The van der Waals surface area contributed by atoms with Crippen LogP contribution >= 0.6 is 0 Å². The molecule has 0 aliphatic heterocycles. The number of ketones is 1. The lowest BCUT2D eigenvalue weighted by molar-refractivity contribution is -0.116. The van der Waals surface area contributed by atoms with E-state index in [0.29, 0.717) is 12.8 Å². The molecule has 1 rings (SSSR count). The summed E-state index contributed by atoms with van der Waals surface area (Å²) in [6.45, 7) is 1.75. The summed E-state index contributed by atoms with van der Waals surface area (Å²) in [5.74, 6) is 0.165. The molecule has 0 saturated carbocycles. The van der Waals surface area contributed by atoms with E-state index in [9.17, 15) is 4.79 Å². The van der Waals surface area contributed by atoms with Crippen LogP contribution in [0.4, 0.5) is 0 Å². The molecule has 0 spiro atoms. The minimum Gasteiger partial charge on any atom is -0.396 e. The fourth-order valence-electron chi connectivity index (χ4n) is 1.41. The molecule has 0 radical (unpaired) electrons. The van der Waals surface area contributed by atoms with Gasteiger partial charge in [-0.15, -0.1) is 0 Å². The van der Waals surface area contributed by atoms with Crippen molar-refractivity contribution in [3.05, 3.63) is 41.5 Å². The average molecular weight is 204 g/mol. The summed E-state index contributed by atoms with van der Waals surface area (Å²) in [5.41, 5.74) is 2.10. The molecule has 0 bridgehead atoms. The fourth-order valence-corrected chi connectivity index (χ4v) is 1.41. The van der Waals surface area contributed by atoms with Gasteiger partial charge < -0.3 is 5.11 Å². The minimum absolute atomic E-state index is 0.158. The number of aliphatic hydroxyl groups excluding tert-OH is 1. The summed E-state index contributed by atoms with van der Waals surface area (Å²) in [7, 11) is 0. The van der Waals surface area contributed by atoms with Crippen LogP contribution in [0.25, 0.3) is 6.08 Å². The maximum absolute atomic E-state index is 11.0. The highest BCUT2D eigenvalue weighted by Gasteiger charge is 2.00. The van der Waals surface area contributed by atoms with Crippen LogP contribution in [0, 0.1) is 0 Å². The van der Waals surface area contributed by atoms with Gasteiger partial charge in [-0.25, -0.2) is 0 Å². The van der Waals surface area contributed by atoms with Crippen LogP contribution in [0.2, 0.25) is 0 Å². The van der Waals surface area contributed by atoms with Crippen molar-refractivity contribution in [2.75, 3.05) is 6.61 Å². The Morgan fingerprint density at radius 2 is 2.13 bits per heavy atom. The SMILES string of the molecule is CC(=O)Cc1ccccc1C=CCCO. The molecule has 15 heavy (non-hydrogen) atoms. The van der Waals surface area contributed by atoms with Crippen molar-refractivity contribution in [1.29, 1.82) is 0 Å². The third-order valence-corrected chi connectivity index (χ3v) is 2.09. The van der Waals surface area contributed by atoms with E-state index < -0.39 is 0 Å². The maximum Gasteiger partial charge on any atom is 0.134 e. The molecule has 1 aromatic carbocycles. The molecule has 1 N–H and O–H groups in total.